The van der Waals surface area contributed by atoms with Crippen LogP contribution >= 0.6 is 11.8 Å². The Morgan fingerprint density at radius 2 is 1.87 bits per heavy atom. The quantitative estimate of drug-likeness (QED) is 0.571. The van der Waals surface area contributed by atoms with Gasteiger partial charge in [0.25, 0.3) is 5.56 Å². The Morgan fingerprint density at radius 3 is 2.52 bits per heavy atom. The smallest absolute Gasteiger partial charge is 0.333 e. The van der Waals surface area contributed by atoms with E-state index in [1.807, 2.05) is 11.8 Å². The third kappa shape index (κ3) is 4.90. The monoisotopic (exact) mass is 448 g/mol. The molecule has 8 nitrogen and oxygen atoms in total. The van der Waals surface area contributed by atoms with E-state index in [9.17, 15) is 23.9 Å². The molecular formula is C21H25FN4O4S. The minimum atomic E-state index is -0.729. The van der Waals surface area contributed by atoms with E-state index in [1.54, 1.807) is 0 Å². The van der Waals surface area contributed by atoms with Crippen LogP contribution in [0.2, 0.25) is 0 Å². The highest BCUT2D eigenvalue weighted by molar-refractivity contribution is 8.15. The van der Waals surface area contributed by atoms with Gasteiger partial charge in [0.2, 0.25) is 11.8 Å². The average Bonchev–Trinajstić information content (AvgIpc) is 2.76. The summed E-state index contributed by atoms with van der Waals surface area (Å²) in [7, 11) is 2.63. The average molecular weight is 449 g/mol. The molecule has 1 aromatic carbocycles. The Labute approximate surface area is 183 Å². The summed E-state index contributed by atoms with van der Waals surface area (Å²) in [6, 6.07) is 5.43. The first-order valence-corrected chi connectivity index (χ1v) is 10.9. The summed E-state index contributed by atoms with van der Waals surface area (Å²) in [6.45, 7) is 2.68. The second-order valence-corrected chi connectivity index (χ2v) is 8.48. The van der Waals surface area contributed by atoms with Gasteiger partial charge in [0.05, 0.1) is 11.4 Å². The lowest BCUT2D eigenvalue weighted by molar-refractivity contribution is -0.131. The van der Waals surface area contributed by atoms with E-state index in [0.717, 1.165) is 40.2 Å². The van der Waals surface area contributed by atoms with Crippen molar-refractivity contribution in [2.75, 3.05) is 12.3 Å². The lowest BCUT2D eigenvalue weighted by Crippen LogP contribution is -2.43. The number of amides is 1. The van der Waals surface area contributed by atoms with Gasteiger partial charge in [-0.25, -0.2) is 14.2 Å². The second-order valence-electron chi connectivity index (χ2n) is 7.52. The van der Waals surface area contributed by atoms with Gasteiger partial charge < -0.3 is 10.0 Å². The molecule has 0 saturated carbocycles. The first-order chi connectivity index (χ1) is 14.7. The van der Waals surface area contributed by atoms with E-state index >= 15 is 0 Å². The zero-order chi connectivity index (χ0) is 22.7. The zero-order valence-electron chi connectivity index (χ0n) is 17.7. The van der Waals surface area contributed by atoms with Gasteiger partial charge in [0.15, 0.2) is 0 Å². The molecule has 1 amide bonds. The normalized spacial score (nSPS) is 17.1. The summed E-state index contributed by atoms with van der Waals surface area (Å²) < 4.78 is 15.1. The van der Waals surface area contributed by atoms with Gasteiger partial charge in [0.1, 0.15) is 16.4 Å². The van der Waals surface area contributed by atoms with E-state index in [4.69, 9.17) is 0 Å². The highest BCUT2D eigenvalue weighted by Crippen LogP contribution is 2.25. The zero-order valence-corrected chi connectivity index (χ0v) is 18.5. The largest absolute Gasteiger partial charge is 0.494 e. The number of nitrogens with zero attached hydrogens (tertiary/aromatic N) is 4. The van der Waals surface area contributed by atoms with Gasteiger partial charge >= 0.3 is 5.69 Å². The summed E-state index contributed by atoms with van der Waals surface area (Å²) in [6.07, 6.45) is 2.96. The molecule has 1 aromatic heterocycles. The van der Waals surface area contributed by atoms with E-state index in [2.05, 4.69) is 4.99 Å². The maximum absolute atomic E-state index is 13.3. The molecule has 2 aromatic rings. The number of thioether (sulfide) groups is 1. The summed E-state index contributed by atoms with van der Waals surface area (Å²) >= 11 is 1.01. The minimum Gasteiger partial charge on any atom is -0.494 e. The van der Waals surface area contributed by atoms with Crippen LogP contribution in [0, 0.1) is 5.82 Å². The Bertz CT molecular complexity index is 1120. The number of benzene rings is 1. The van der Waals surface area contributed by atoms with E-state index in [-0.39, 0.29) is 28.3 Å². The Kier molecular flexibility index (Phi) is 6.99. The van der Waals surface area contributed by atoms with Crippen LogP contribution in [0.15, 0.2) is 38.8 Å². The summed E-state index contributed by atoms with van der Waals surface area (Å²) in [5.74, 6) is -1.07. The number of piperidine rings is 1. The molecular weight excluding hydrogens is 423 g/mol. The number of aliphatic imine (C=N–C) groups is 1. The Morgan fingerprint density at radius 1 is 1.19 bits per heavy atom. The fraction of sp³-hybridized carbons (Fsp3) is 0.429. The standard InChI is InChI=1S/C21H25FN4O4S/c1-13-6-4-5-11-26(13)16(27)12-31-18(23-15-9-7-14(22)8-10-15)17-19(28)24(2)21(30)25(3)20(17)29/h7-10,13,28H,4-6,11-12H2,1-3H3/t13-/m1/s1. The predicted molar refractivity (Wildman–Crippen MR) is 119 cm³/mol. The number of hydrogen-bond acceptors (Lipinski definition) is 6. The van der Waals surface area contributed by atoms with Gasteiger partial charge in [-0.15, -0.1) is 0 Å². The number of hydrogen-bond donors (Lipinski definition) is 1. The lowest BCUT2D eigenvalue weighted by atomic mass is 10.0. The summed E-state index contributed by atoms with van der Waals surface area (Å²) in [5, 5.41) is 10.6. The van der Waals surface area contributed by atoms with Gasteiger partial charge in [0, 0.05) is 26.7 Å². The molecule has 10 heteroatoms. The van der Waals surface area contributed by atoms with Crippen LogP contribution in [0.5, 0.6) is 5.88 Å². The number of rotatable bonds is 4. The number of aromatic hydroxyl groups is 1. The molecule has 0 radical (unpaired) electrons. The molecule has 1 fully saturated rings. The Balaban J connectivity index is 2.01. The van der Waals surface area contributed by atoms with Crippen LogP contribution < -0.4 is 11.2 Å². The molecule has 1 atom stereocenters. The van der Waals surface area contributed by atoms with Crippen LogP contribution in [0.1, 0.15) is 31.7 Å². The number of carbonyl (C=O) groups excluding carboxylic acids is 1. The summed E-state index contributed by atoms with van der Waals surface area (Å²) in [5.41, 5.74) is -1.25. The number of likely N-dealkylation sites (tertiary alicyclic amines) is 1. The SMILES string of the molecule is C[C@@H]1CCCCN1C(=O)CSC(=Nc1ccc(F)cc1)c1c(O)n(C)c(=O)n(C)c1=O. The number of aromatic nitrogens is 2. The maximum Gasteiger partial charge on any atom is 0.333 e. The van der Waals surface area contributed by atoms with Crippen molar-refractivity contribution in [3.05, 3.63) is 56.5 Å². The molecule has 0 aliphatic carbocycles. The molecule has 166 valence electrons. The molecule has 1 saturated heterocycles. The minimum absolute atomic E-state index is 0.00973. The fourth-order valence-corrected chi connectivity index (χ4v) is 4.41. The van der Waals surface area contributed by atoms with Gasteiger partial charge in [-0.05, 0) is 50.5 Å². The third-order valence-electron chi connectivity index (χ3n) is 5.36. The summed E-state index contributed by atoms with van der Waals surface area (Å²) in [4.78, 5) is 43.9. The van der Waals surface area contributed by atoms with Crippen molar-refractivity contribution >= 4 is 28.4 Å². The molecule has 3 rings (SSSR count). The first kappa shape index (κ1) is 22.8. The highest BCUT2D eigenvalue weighted by Gasteiger charge is 2.26. The Hall–Kier alpha value is -2.88. The van der Waals surface area contributed by atoms with Crippen molar-refractivity contribution in [1.82, 2.24) is 14.0 Å². The van der Waals surface area contributed by atoms with Crippen molar-refractivity contribution in [2.45, 2.75) is 32.2 Å². The molecule has 1 aliphatic heterocycles. The topological polar surface area (TPSA) is 96.9 Å². The van der Waals surface area contributed by atoms with E-state index in [1.165, 1.54) is 38.4 Å². The maximum atomic E-state index is 13.3. The van der Waals surface area contributed by atoms with Crippen molar-refractivity contribution in [1.29, 1.82) is 0 Å². The lowest BCUT2D eigenvalue weighted by Gasteiger charge is -2.33. The van der Waals surface area contributed by atoms with Gasteiger partial charge in [-0.1, -0.05) is 11.8 Å². The van der Waals surface area contributed by atoms with Crippen molar-refractivity contribution in [3.8, 4) is 5.88 Å². The molecule has 0 spiro atoms. The van der Waals surface area contributed by atoms with Crippen molar-refractivity contribution in [3.63, 3.8) is 0 Å². The molecule has 0 unspecified atom stereocenters. The molecule has 1 aliphatic rings. The third-order valence-corrected chi connectivity index (χ3v) is 6.32. The van der Waals surface area contributed by atoms with Crippen LogP contribution in [-0.4, -0.2) is 48.4 Å². The van der Waals surface area contributed by atoms with E-state index in [0.29, 0.717) is 12.2 Å². The molecule has 31 heavy (non-hydrogen) atoms. The predicted octanol–water partition coefficient (Wildman–Crippen LogP) is 2.14. The van der Waals surface area contributed by atoms with Crippen LogP contribution in [0.25, 0.3) is 0 Å². The van der Waals surface area contributed by atoms with E-state index < -0.39 is 22.9 Å². The highest BCUT2D eigenvalue weighted by atomic mass is 32.2. The number of carbonyl (C=O) groups is 1. The van der Waals surface area contributed by atoms with Crippen molar-refractivity contribution in [2.24, 2.45) is 19.1 Å². The van der Waals surface area contributed by atoms with Crippen LogP contribution in [0.4, 0.5) is 10.1 Å². The fourth-order valence-electron chi connectivity index (χ4n) is 3.50. The second kappa shape index (κ2) is 9.51. The molecule has 2 heterocycles. The van der Waals surface area contributed by atoms with Crippen LogP contribution in [-0.2, 0) is 18.9 Å². The number of halogens is 1. The van der Waals surface area contributed by atoms with Crippen molar-refractivity contribution < 1.29 is 14.3 Å². The van der Waals surface area contributed by atoms with Gasteiger partial charge in [-0.2, -0.15) is 0 Å². The molecule has 1 N–H and O–H groups in total. The first-order valence-electron chi connectivity index (χ1n) is 9.96. The molecule has 0 bridgehead atoms. The van der Waals surface area contributed by atoms with Gasteiger partial charge in [-0.3, -0.25) is 18.7 Å². The van der Waals surface area contributed by atoms with Crippen LogP contribution in [0.3, 0.4) is 0 Å².